The maximum atomic E-state index is 12.8. The Bertz CT molecular complexity index is 1310. The monoisotopic (exact) mass is 632 g/mol. The summed E-state index contributed by atoms with van der Waals surface area (Å²) in [5.74, 6) is -4.45. The molecule has 0 saturated carbocycles. The molecule has 0 bridgehead atoms. The minimum Gasteiger partial charge on any atom is -0.475 e. The van der Waals surface area contributed by atoms with Crippen molar-refractivity contribution in [2.45, 2.75) is 49.8 Å². The molecule has 13 nitrogen and oxygen atoms in total. The van der Waals surface area contributed by atoms with E-state index in [1.807, 2.05) is 0 Å². The Morgan fingerprint density at radius 1 is 0.930 bits per heavy atom. The average molecular weight is 633 g/mol. The predicted molar refractivity (Wildman–Crippen MR) is 151 cm³/mol. The number of rotatable bonds is 15. The first-order valence-corrected chi connectivity index (χ1v) is 14.4. The normalized spacial score (nSPS) is 12.7. The highest BCUT2D eigenvalue weighted by Gasteiger charge is 2.38. The number of carbonyl (C=O) groups is 3. The van der Waals surface area contributed by atoms with Crippen molar-refractivity contribution >= 4 is 33.6 Å². The first-order valence-electron chi connectivity index (χ1n) is 12.8. The number of alkyl halides is 3. The number of sulfonamides is 1. The van der Waals surface area contributed by atoms with Crippen LogP contribution in [0.15, 0.2) is 54.6 Å². The first-order chi connectivity index (χ1) is 20.1. The number of hydrogen-bond acceptors (Lipinski definition) is 8. The molecule has 238 valence electrons. The standard InChI is InChI=1S/C24H34N6O5S.C2HF3O2/c25-13-5-4-8-20(23(32)28-14-17-9-11-19(12-10-17)22(26)27)29-24(33)21(15-31)30-36(34,35)16-18-6-2-1-3-7-18;3-2(4,5)1(6)7/h1-3,6-7,9-12,20-21,30-31H,4-5,8,13-16,25H2,(H3,26,27)(H,28,32)(H,29,33);(H,6,7)/t20-,21+;/m0./s1. The van der Waals surface area contributed by atoms with Crippen LogP contribution in [0.3, 0.4) is 0 Å². The molecule has 2 atom stereocenters. The third-order valence-electron chi connectivity index (χ3n) is 5.57. The van der Waals surface area contributed by atoms with Crippen LogP contribution in [0.1, 0.15) is 36.0 Å². The van der Waals surface area contributed by atoms with Crippen LogP contribution in [0.5, 0.6) is 0 Å². The maximum absolute atomic E-state index is 12.8. The highest BCUT2D eigenvalue weighted by atomic mass is 32.2. The van der Waals surface area contributed by atoms with E-state index in [9.17, 15) is 36.3 Å². The molecule has 43 heavy (non-hydrogen) atoms. The number of halogens is 3. The van der Waals surface area contributed by atoms with Gasteiger partial charge in [0.1, 0.15) is 17.9 Å². The van der Waals surface area contributed by atoms with Gasteiger partial charge in [-0.05, 0) is 36.9 Å². The lowest BCUT2D eigenvalue weighted by Crippen LogP contribution is -2.54. The Hall–Kier alpha value is -4.06. The number of unbranched alkanes of at least 4 members (excludes halogenated alkanes) is 1. The molecular formula is C26H35F3N6O7S. The molecule has 2 amide bonds. The van der Waals surface area contributed by atoms with Gasteiger partial charge in [-0.2, -0.15) is 13.2 Å². The number of carboxylic acids is 1. The lowest BCUT2D eigenvalue weighted by Gasteiger charge is -2.22. The molecule has 0 unspecified atom stereocenters. The molecular weight excluding hydrogens is 597 g/mol. The summed E-state index contributed by atoms with van der Waals surface area (Å²) in [6, 6.07) is 12.8. The lowest BCUT2D eigenvalue weighted by atomic mass is 10.1. The van der Waals surface area contributed by atoms with Gasteiger partial charge in [0, 0.05) is 12.1 Å². The van der Waals surface area contributed by atoms with E-state index in [1.54, 1.807) is 54.6 Å². The van der Waals surface area contributed by atoms with Crippen LogP contribution in [0, 0.1) is 5.41 Å². The summed E-state index contributed by atoms with van der Waals surface area (Å²) in [6.07, 6.45) is -3.60. The van der Waals surface area contributed by atoms with Gasteiger partial charge < -0.3 is 32.3 Å². The number of benzene rings is 2. The summed E-state index contributed by atoms with van der Waals surface area (Å²) in [6.45, 7) is -0.184. The Balaban J connectivity index is 0.00000117. The van der Waals surface area contributed by atoms with Crippen molar-refractivity contribution in [1.82, 2.24) is 15.4 Å². The summed E-state index contributed by atoms with van der Waals surface area (Å²) in [5, 5.41) is 29.5. The summed E-state index contributed by atoms with van der Waals surface area (Å²) < 4.78 is 59.0. The zero-order valence-electron chi connectivity index (χ0n) is 22.9. The zero-order chi connectivity index (χ0) is 32.6. The van der Waals surface area contributed by atoms with Crippen molar-refractivity contribution in [3.63, 3.8) is 0 Å². The van der Waals surface area contributed by atoms with Gasteiger partial charge in [0.2, 0.25) is 21.8 Å². The molecule has 2 aromatic carbocycles. The number of amides is 2. The summed E-state index contributed by atoms with van der Waals surface area (Å²) in [7, 11) is -3.94. The van der Waals surface area contributed by atoms with Gasteiger partial charge in [-0.15, -0.1) is 0 Å². The van der Waals surface area contributed by atoms with Crippen molar-refractivity contribution in [3.05, 3.63) is 71.3 Å². The van der Waals surface area contributed by atoms with Gasteiger partial charge in [0.25, 0.3) is 0 Å². The number of hydrogen-bond donors (Lipinski definition) is 8. The molecule has 0 aliphatic heterocycles. The van der Waals surface area contributed by atoms with Gasteiger partial charge in [-0.1, -0.05) is 54.6 Å². The van der Waals surface area contributed by atoms with E-state index in [4.69, 9.17) is 26.8 Å². The van der Waals surface area contributed by atoms with Gasteiger partial charge in [-0.3, -0.25) is 15.0 Å². The van der Waals surface area contributed by atoms with E-state index in [2.05, 4.69) is 15.4 Å². The second kappa shape index (κ2) is 17.8. The van der Waals surface area contributed by atoms with Crippen LogP contribution >= 0.6 is 0 Å². The molecule has 0 spiro atoms. The molecule has 2 aromatic rings. The van der Waals surface area contributed by atoms with E-state index in [1.165, 1.54) is 0 Å². The zero-order valence-corrected chi connectivity index (χ0v) is 23.7. The molecule has 0 aliphatic rings. The van der Waals surface area contributed by atoms with Crippen molar-refractivity contribution in [3.8, 4) is 0 Å². The second-order valence-corrected chi connectivity index (χ2v) is 10.8. The maximum Gasteiger partial charge on any atom is 0.490 e. The second-order valence-electron chi connectivity index (χ2n) is 9.07. The van der Waals surface area contributed by atoms with Crippen LogP contribution in [0.4, 0.5) is 13.2 Å². The number of nitrogens with two attached hydrogens (primary N) is 2. The summed E-state index contributed by atoms with van der Waals surface area (Å²) >= 11 is 0. The van der Waals surface area contributed by atoms with Crippen LogP contribution < -0.4 is 26.8 Å². The average Bonchev–Trinajstić information content (AvgIpc) is 2.94. The Labute approximate surface area is 246 Å². The third kappa shape index (κ3) is 14.6. The Kier molecular flexibility index (Phi) is 15.3. The number of aliphatic hydroxyl groups is 1. The van der Waals surface area contributed by atoms with Crippen LogP contribution in [0.25, 0.3) is 0 Å². The molecule has 0 aliphatic carbocycles. The number of aliphatic carboxylic acids is 1. The van der Waals surface area contributed by atoms with Crippen molar-refractivity contribution in [2.75, 3.05) is 13.2 Å². The summed E-state index contributed by atoms with van der Waals surface area (Å²) in [4.78, 5) is 34.5. The molecule has 17 heteroatoms. The molecule has 0 radical (unpaired) electrons. The number of aliphatic hydroxyl groups excluding tert-OH is 1. The minimum atomic E-state index is -5.08. The highest BCUT2D eigenvalue weighted by Crippen LogP contribution is 2.13. The van der Waals surface area contributed by atoms with Crippen molar-refractivity contribution < 1.29 is 46.2 Å². The van der Waals surface area contributed by atoms with Gasteiger partial charge in [-0.25, -0.2) is 17.9 Å². The number of nitrogen functional groups attached to an aromatic ring is 1. The van der Waals surface area contributed by atoms with Crippen LogP contribution in [-0.4, -0.2) is 73.7 Å². The lowest BCUT2D eigenvalue weighted by molar-refractivity contribution is -0.192. The number of nitrogens with one attached hydrogen (secondary N) is 4. The molecule has 0 aromatic heterocycles. The van der Waals surface area contributed by atoms with E-state index < -0.39 is 52.7 Å². The Morgan fingerprint density at radius 2 is 1.51 bits per heavy atom. The van der Waals surface area contributed by atoms with E-state index >= 15 is 0 Å². The van der Waals surface area contributed by atoms with Gasteiger partial charge in [0.05, 0.1) is 12.4 Å². The van der Waals surface area contributed by atoms with Crippen LogP contribution in [-0.2, 0) is 36.7 Å². The van der Waals surface area contributed by atoms with E-state index in [-0.39, 0.29) is 24.6 Å². The molecule has 0 saturated heterocycles. The molecule has 2 rings (SSSR count). The smallest absolute Gasteiger partial charge is 0.475 e. The number of carboxylic acid groups (broad SMARTS) is 1. The first kappa shape index (κ1) is 37.0. The van der Waals surface area contributed by atoms with Crippen molar-refractivity contribution in [1.29, 1.82) is 5.41 Å². The quantitative estimate of drug-likeness (QED) is 0.0765. The van der Waals surface area contributed by atoms with Gasteiger partial charge in [0.15, 0.2) is 0 Å². The van der Waals surface area contributed by atoms with E-state index in [0.717, 1.165) is 5.56 Å². The topological polar surface area (TPSA) is 238 Å². The molecule has 0 fully saturated rings. The minimum absolute atomic E-state index is 0.0638. The third-order valence-corrected chi connectivity index (χ3v) is 6.93. The molecule has 10 N–H and O–H groups in total. The SMILES string of the molecule is N=C(N)c1ccc(CNC(=O)[C@H](CCCCN)NC(=O)[C@@H](CO)NS(=O)(=O)Cc2ccccc2)cc1.O=C(O)C(F)(F)F. The fourth-order valence-electron chi connectivity index (χ4n) is 3.37. The fourth-order valence-corrected chi connectivity index (χ4v) is 4.70. The largest absolute Gasteiger partial charge is 0.490 e. The molecule has 0 heterocycles. The van der Waals surface area contributed by atoms with Crippen LogP contribution in [0.2, 0.25) is 0 Å². The number of carbonyl (C=O) groups excluding carboxylic acids is 2. The Morgan fingerprint density at radius 3 is 2.00 bits per heavy atom. The fraction of sp³-hybridized carbons (Fsp3) is 0.385. The van der Waals surface area contributed by atoms with Gasteiger partial charge >= 0.3 is 12.1 Å². The van der Waals surface area contributed by atoms with Crippen molar-refractivity contribution in [2.24, 2.45) is 11.5 Å². The highest BCUT2D eigenvalue weighted by molar-refractivity contribution is 7.88. The van der Waals surface area contributed by atoms with E-state index in [0.29, 0.717) is 30.5 Å². The summed E-state index contributed by atoms with van der Waals surface area (Å²) in [5.41, 5.74) is 12.8. The number of amidine groups is 1. The predicted octanol–water partition coefficient (Wildman–Crippen LogP) is 0.314.